The molecule has 0 saturated heterocycles. The Kier molecular flexibility index (Phi) is 8.21. The van der Waals surface area contributed by atoms with Crippen molar-refractivity contribution >= 4 is 23.2 Å². The summed E-state index contributed by atoms with van der Waals surface area (Å²) in [6.45, 7) is 2.15. The Hall–Kier alpha value is -3.91. The summed E-state index contributed by atoms with van der Waals surface area (Å²) in [6, 6.07) is 18.0. The molecule has 3 rings (SSSR count). The van der Waals surface area contributed by atoms with Gasteiger partial charge in [0.1, 0.15) is 5.75 Å². The predicted octanol–water partition coefficient (Wildman–Crippen LogP) is 4.55. The fraction of sp³-hybridized carbons (Fsp3) is 0.231. The first-order chi connectivity index (χ1) is 16.3. The summed E-state index contributed by atoms with van der Waals surface area (Å²) < 4.78 is 24.1. The van der Waals surface area contributed by atoms with Crippen molar-refractivity contribution < 1.29 is 23.5 Å². The summed E-state index contributed by atoms with van der Waals surface area (Å²) in [6.07, 6.45) is 0. The van der Waals surface area contributed by atoms with Gasteiger partial charge in [-0.2, -0.15) is 0 Å². The molecular weight excluding hydrogens is 437 g/mol. The van der Waals surface area contributed by atoms with Gasteiger partial charge in [0.15, 0.2) is 11.6 Å². The molecule has 8 heteroatoms. The third kappa shape index (κ3) is 6.11. The monoisotopic (exact) mass is 465 g/mol. The largest absolute Gasteiger partial charge is 0.495 e. The number of hydrogen-bond acceptors (Lipinski definition) is 5. The first kappa shape index (κ1) is 24.7. The number of carbonyl (C=O) groups excluding carboxylic acids is 2. The van der Waals surface area contributed by atoms with Crippen LogP contribution in [0.2, 0.25) is 0 Å². The number of likely N-dealkylation sites (N-methyl/N-ethyl adjacent to an activating group) is 1. The molecule has 0 bridgehead atoms. The van der Waals surface area contributed by atoms with Gasteiger partial charge >= 0.3 is 0 Å². The van der Waals surface area contributed by atoms with Crippen molar-refractivity contribution in [2.75, 3.05) is 31.9 Å². The quantitative estimate of drug-likeness (QED) is 0.485. The Balaban J connectivity index is 1.58. The van der Waals surface area contributed by atoms with Gasteiger partial charge in [-0.1, -0.05) is 18.2 Å². The van der Waals surface area contributed by atoms with Gasteiger partial charge in [0, 0.05) is 17.8 Å². The molecule has 0 aliphatic rings. The standard InChI is InChI=1S/C26H28FN3O4/c1-17(30(2)16-18-9-14-23(33-3)21(27)15-18)25(31)28-20-12-10-19(11-13-20)26(32)29-22-7-5-6-8-24(22)34-4/h5-15,17H,16H2,1-4H3,(H,28,31)(H,29,32)/t17-/m1/s1. The van der Waals surface area contributed by atoms with E-state index in [1.165, 1.54) is 20.3 Å². The summed E-state index contributed by atoms with van der Waals surface area (Å²) in [5.41, 5.74) is 2.30. The van der Waals surface area contributed by atoms with Gasteiger partial charge in [-0.3, -0.25) is 14.5 Å². The van der Waals surface area contributed by atoms with Crippen molar-refractivity contribution in [1.82, 2.24) is 4.90 Å². The smallest absolute Gasteiger partial charge is 0.255 e. The summed E-state index contributed by atoms with van der Waals surface area (Å²) in [5, 5.41) is 5.66. The van der Waals surface area contributed by atoms with E-state index in [0.29, 0.717) is 29.2 Å². The molecule has 0 spiro atoms. The Morgan fingerprint density at radius 3 is 2.26 bits per heavy atom. The van der Waals surface area contributed by atoms with E-state index in [9.17, 15) is 14.0 Å². The maximum absolute atomic E-state index is 13.9. The molecule has 0 unspecified atom stereocenters. The molecule has 178 valence electrons. The Bertz CT molecular complexity index is 1150. The lowest BCUT2D eigenvalue weighted by atomic mass is 10.1. The number of nitrogens with zero attached hydrogens (tertiary/aromatic N) is 1. The number of carbonyl (C=O) groups is 2. The van der Waals surface area contributed by atoms with Gasteiger partial charge in [0.25, 0.3) is 5.91 Å². The second kappa shape index (κ2) is 11.3. The fourth-order valence-electron chi connectivity index (χ4n) is 3.33. The van der Waals surface area contributed by atoms with Crippen LogP contribution in [0.5, 0.6) is 11.5 Å². The van der Waals surface area contributed by atoms with Gasteiger partial charge in [-0.05, 0) is 68.1 Å². The number of ether oxygens (including phenoxy) is 2. The summed E-state index contributed by atoms with van der Waals surface area (Å²) in [4.78, 5) is 27.1. The van der Waals surface area contributed by atoms with Gasteiger partial charge in [-0.25, -0.2) is 4.39 Å². The molecule has 2 amide bonds. The van der Waals surface area contributed by atoms with E-state index in [4.69, 9.17) is 9.47 Å². The van der Waals surface area contributed by atoms with Crippen molar-refractivity contribution in [3.8, 4) is 11.5 Å². The molecule has 34 heavy (non-hydrogen) atoms. The predicted molar refractivity (Wildman–Crippen MR) is 130 cm³/mol. The second-order valence-electron chi connectivity index (χ2n) is 7.78. The fourth-order valence-corrected chi connectivity index (χ4v) is 3.33. The van der Waals surface area contributed by atoms with Crippen molar-refractivity contribution in [2.24, 2.45) is 0 Å². The van der Waals surface area contributed by atoms with Crippen LogP contribution < -0.4 is 20.1 Å². The number of halogens is 1. The summed E-state index contributed by atoms with van der Waals surface area (Å²) in [5.74, 6) is -0.210. The van der Waals surface area contributed by atoms with Crippen molar-refractivity contribution in [2.45, 2.75) is 19.5 Å². The van der Waals surface area contributed by atoms with Crippen LogP contribution in [0.4, 0.5) is 15.8 Å². The molecule has 0 aromatic heterocycles. The highest BCUT2D eigenvalue weighted by Crippen LogP contribution is 2.24. The van der Waals surface area contributed by atoms with Crippen molar-refractivity contribution in [3.63, 3.8) is 0 Å². The minimum Gasteiger partial charge on any atom is -0.495 e. The number of benzene rings is 3. The normalized spacial score (nSPS) is 11.6. The number of anilines is 2. The Morgan fingerprint density at radius 2 is 1.62 bits per heavy atom. The molecule has 3 aromatic rings. The van der Waals surface area contributed by atoms with Crippen LogP contribution in [0.1, 0.15) is 22.8 Å². The van der Waals surface area contributed by atoms with E-state index in [0.717, 1.165) is 5.56 Å². The van der Waals surface area contributed by atoms with Crippen LogP contribution in [0, 0.1) is 5.82 Å². The van der Waals surface area contributed by atoms with Crippen molar-refractivity contribution in [1.29, 1.82) is 0 Å². The average molecular weight is 466 g/mol. The van der Waals surface area contributed by atoms with Crippen LogP contribution in [0.3, 0.4) is 0 Å². The average Bonchev–Trinajstić information content (AvgIpc) is 2.84. The van der Waals surface area contributed by atoms with E-state index in [2.05, 4.69) is 10.6 Å². The zero-order chi connectivity index (χ0) is 24.7. The zero-order valence-electron chi connectivity index (χ0n) is 19.6. The van der Waals surface area contributed by atoms with E-state index < -0.39 is 11.9 Å². The summed E-state index contributed by atoms with van der Waals surface area (Å²) in [7, 11) is 4.74. The van der Waals surface area contributed by atoms with Gasteiger partial charge in [0.05, 0.1) is 25.9 Å². The molecule has 0 fully saturated rings. The lowest BCUT2D eigenvalue weighted by Crippen LogP contribution is -2.39. The van der Waals surface area contributed by atoms with E-state index in [-0.39, 0.29) is 17.6 Å². The van der Waals surface area contributed by atoms with E-state index in [1.54, 1.807) is 68.6 Å². The number of amides is 2. The van der Waals surface area contributed by atoms with E-state index in [1.807, 2.05) is 11.0 Å². The third-order valence-electron chi connectivity index (χ3n) is 5.46. The number of methoxy groups -OCH3 is 2. The molecule has 0 radical (unpaired) electrons. The van der Waals surface area contributed by atoms with Crippen LogP contribution in [0.25, 0.3) is 0 Å². The molecule has 2 N–H and O–H groups in total. The van der Waals surface area contributed by atoms with Crippen LogP contribution in [-0.4, -0.2) is 44.0 Å². The lowest BCUT2D eigenvalue weighted by molar-refractivity contribution is -0.120. The van der Waals surface area contributed by atoms with Gasteiger partial charge < -0.3 is 20.1 Å². The van der Waals surface area contributed by atoms with Gasteiger partial charge in [-0.15, -0.1) is 0 Å². The second-order valence-corrected chi connectivity index (χ2v) is 7.78. The molecule has 0 heterocycles. The number of nitrogens with one attached hydrogen (secondary N) is 2. The molecule has 7 nitrogen and oxygen atoms in total. The number of hydrogen-bond donors (Lipinski definition) is 2. The first-order valence-electron chi connectivity index (χ1n) is 10.7. The number of para-hydroxylation sites is 2. The van der Waals surface area contributed by atoms with Crippen LogP contribution in [0.15, 0.2) is 66.7 Å². The minimum atomic E-state index is -0.473. The number of rotatable bonds is 9. The minimum absolute atomic E-state index is 0.178. The van der Waals surface area contributed by atoms with E-state index >= 15 is 0 Å². The molecule has 1 atom stereocenters. The highest BCUT2D eigenvalue weighted by atomic mass is 19.1. The van der Waals surface area contributed by atoms with Crippen molar-refractivity contribution in [3.05, 3.63) is 83.7 Å². The highest BCUT2D eigenvalue weighted by molar-refractivity contribution is 6.05. The zero-order valence-corrected chi connectivity index (χ0v) is 19.6. The van der Waals surface area contributed by atoms with Crippen LogP contribution >= 0.6 is 0 Å². The topological polar surface area (TPSA) is 79.9 Å². The molecule has 0 aliphatic heterocycles. The Labute approximate surface area is 198 Å². The highest BCUT2D eigenvalue weighted by Gasteiger charge is 2.19. The Morgan fingerprint density at radius 1 is 0.941 bits per heavy atom. The molecule has 0 saturated carbocycles. The van der Waals surface area contributed by atoms with Gasteiger partial charge in [0.2, 0.25) is 5.91 Å². The SMILES string of the molecule is COc1ccc(CN(C)[C@H](C)C(=O)Nc2ccc(C(=O)Nc3ccccc3OC)cc2)cc1F. The maximum atomic E-state index is 13.9. The molecule has 0 aliphatic carbocycles. The lowest BCUT2D eigenvalue weighted by Gasteiger charge is -2.24. The van der Waals surface area contributed by atoms with Crippen LogP contribution in [-0.2, 0) is 11.3 Å². The molecular formula is C26H28FN3O4. The third-order valence-corrected chi connectivity index (χ3v) is 5.46. The summed E-state index contributed by atoms with van der Waals surface area (Å²) >= 11 is 0. The molecule has 3 aromatic carbocycles. The maximum Gasteiger partial charge on any atom is 0.255 e. The first-order valence-corrected chi connectivity index (χ1v) is 10.7.